The predicted octanol–water partition coefficient (Wildman–Crippen LogP) is 3.37. The summed E-state index contributed by atoms with van der Waals surface area (Å²) in [7, 11) is 0. The summed E-state index contributed by atoms with van der Waals surface area (Å²) < 4.78 is 0. The van der Waals surface area contributed by atoms with Crippen molar-refractivity contribution in [2.24, 2.45) is 11.1 Å². The Labute approximate surface area is 150 Å². The van der Waals surface area contributed by atoms with Crippen molar-refractivity contribution in [3.63, 3.8) is 0 Å². The highest BCUT2D eigenvalue weighted by atomic mass is 16.2. The number of carbonyl (C=O) groups excluding carboxylic acids is 2. The van der Waals surface area contributed by atoms with Crippen molar-refractivity contribution in [3.05, 3.63) is 29.3 Å². The van der Waals surface area contributed by atoms with E-state index in [1.807, 2.05) is 26.8 Å². The van der Waals surface area contributed by atoms with Crippen LogP contribution in [-0.4, -0.2) is 24.4 Å². The lowest BCUT2D eigenvalue weighted by atomic mass is 9.71. The van der Waals surface area contributed by atoms with Gasteiger partial charge in [0.25, 0.3) is 5.91 Å². The molecule has 4 N–H and O–H groups in total. The Kier molecular flexibility index (Phi) is 6.59. The van der Waals surface area contributed by atoms with Gasteiger partial charge in [-0.05, 0) is 69.3 Å². The van der Waals surface area contributed by atoms with Gasteiger partial charge in [0.1, 0.15) is 0 Å². The van der Waals surface area contributed by atoms with Crippen LogP contribution in [-0.2, 0) is 4.79 Å². The van der Waals surface area contributed by atoms with Crippen molar-refractivity contribution >= 4 is 17.5 Å². The fourth-order valence-electron chi connectivity index (χ4n) is 3.64. The number of anilines is 1. The van der Waals surface area contributed by atoms with Crippen molar-refractivity contribution < 1.29 is 9.59 Å². The van der Waals surface area contributed by atoms with Crippen LogP contribution in [0.4, 0.5) is 5.69 Å². The maximum absolute atomic E-state index is 12.5. The third-order valence-corrected chi connectivity index (χ3v) is 5.06. The first-order valence-electron chi connectivity index (χ1n) is 9.27. The average Bonchev–Trinajstić information content (AvgIpc) is 2.54. The summed E-state index contributed by atoms with van der Waals surface area (Å²) in [5, 5.41) is 5.86. The highest BCUT2D eigenvalue weighted by Gasteiger charge is 2.32. The van der Waals surface area contributed by atoms with E-state index in [1.165, 1.54) is 6.42 Å². The molecule has 0 radical (unpaired) electrons. The summed E-state index contributed by atoms with van der Waals surface area (Å²) in [5.74, 6) is -0.0826. The molecule has 0 spiro atoms. The number of hydrogen-bond acceptors (Lipinski definition) is 3. The molecule has 2 rings (SSSR count). The Balaban J connectivity index is 2.01. The van der Waals surface area contributed by atoms with E-state index >= 15 is 0 Å². The monoisotopic (exact) mass is 345 g/mol. The molecule has 138 valence electrons. The third kappa shape index (κ3) is 5.30. The zero-order valence-corrected chi connectivity index (χ0v) is 15.7. The Bertz CT molecular complexity index is 619. The normalized spacial score (nSPS) is 16.5. The molecule has 0 aromatic heterocycles. The molecule has 1 aliphatic rings. The Hall–Kier alpha value is -1.88. The van der Waals surface area contributed by atoms with E-state index in [0.717, 1.165) is 36.9 Å². The molecule has 1 aromatic rings. The van der Waals surface area contributed by atoms with Crippen molar-refractivity contribution in [2.75, 3.05) is 11.9 Å². The van der Waals surface area contributed by atoms with Gasteiger partial charge in [0.15, 0.2) is 0 Å². The molecule has 0 atom stereocenters. The molecular formula is C20H31N3O2. The van der Waals surface area contributed by atoms with Gasteiger partial charge in [-0.1, -0.05) is 19.3 Å². The third-order valence-electron chi connectivity index (χ3n) is 5.06. The lowest BCUT2D eigenvalue weighted by Gasteiger charge is -2.35. The number of benzene rings is 1. The minimum absolute atomic E-state index is 0.00568. The summed E-state index contributed by atoms with van der Waals surface area (Å²) in [5.41, 5.74) is 8.14. The first-order valence-corrected chi connectivity index (χ1v) is 9.27. The van der Waals surface area contributed by atoms with E-state index in [4.69, 9.17) is 5.73 Å². The van der Waals surface area contributed by atoms with Crippen LogP contribution in [0, 0.1) is 12.3 Å². The van der Waals surface area contributed by atoms with E-state index < -0.39 is 0 Å². The highest BCUT2D eigenvalue weighted by Crippen LogP contribution is 2.38. The van der Waals surface area contributed by atoms with Gasteiger partial charge in [0.05, 0.1) is 0 Å². The number of aryl methyl sites for hydroxylation is 1. The number of rotatable bonds is 6. The minimum Gasteiger partial charge on any atom is -0.350 e. The Morgan fingerprint density at radius 3 is 2.44 bits per heavy atom. The van der Waals surface area contributed by atoms with E-state index in [0.29, 0.717) is 18.5 Å². The molecule has 0 aliphatic heterocycles. The zero-order chi connectivity index (χ0) is 18.4. The summed E-state index contributed by atoms with van der Waals surface area (Å²) in [6.45, 7) is 6.31. The highest BCUT2D eigenvalue weighted by molar-refractivity contribution is 5.97. The standard InChI is InChI=1S/C20H31N3O2/c1-14(2)22-19(25)17-8-7-16(11-15(17)3)23-18(24)12-20(13-21)9-5-4-6-10-20/h7-8,11,14H,4-6,9-10,12-13,21H2,1-3H3,(H,22,25)(H,23,24). The summed E-state index contributed by atoms with van der Waals surface area (Å²) in [6, 6.07) is 5.50. The molecule has 0 bridgehead atoms. The van der Waals surface area contributed by atoms with Crippen LogP contribution in [0.15, 0.2) is 18.2 Å². The minimum atomic E-state index is -0.0883. The molecular weight excluding hydrogens is 314 g/mol. The van der Waals surface area contributed by atoms with Crippen LogP contribution in [0.3, 0.4) is 0 Å². The SMILES string of the molecule is Cc1cc(NC(=O)CC2(CN)CCCCC2)ccc1C(=O)NC(C)C. The first-order chi connectivity index (χ1) is 11.8. The molecule has 1 fully saturated rings. The summed E-state index contributed by atoms with van der Waals surface area (Å²) in [6.07, 6.45) is 6.08. The van der Waals surface area contributed by atoms with Gasteiger partial charge in [-0.25, -0.2) is 0 Å². The van der Waals surface area contributed by atoms with Gasteiger partial charge in [-0.3, -0.25) is 9.59 Å². The van der Waals surface area contributed by atoms with Crippen molar-refractivity contribution in [3.8, 4) is 0 Å². The second-order valence-electron chi connectivity index (χ2n) is 7.65. The van der Waals surface area contributed by atoms with Crippen LogP contribution in [0.1, 0.15) is 68.3 Å². The van der Waals surface area contributed by atoms with E-state index in [-0.39, 0.29) is 23.3 Å². The van der Waals surface area contributed by atoms with Gasteiger partial charge in [0.2, 0.25) is 5.91 Å². The molecule has 1 aromatic carbocycles. The van der Waals surface area contributed by atoms with E-state index in [9.17, 15) is 9.59 Å². The molecule has 2 amide bonds. The molecule has 0 unspecified atom stereocenters. The average molecular weight is 345 g/mol. The Morgan fingerprint density at radius 2 is 1.88 bits per heavy atom. The molecule has 1 saturated carbocycles. The molecule has 5 heteroatoms. The van der Waals surface area contributed by atoms with Crippen LogP contribution < -0.4 is 16.4 Å². The fourth-order valence-corrected chi connectivity index (χ4v) is 3.64. The first kappa shape index (κ1) is 19.4. The fraction of sp³-hybridized carbons (Fsp3) is 0.600. The van der Waals surface area contributed by atoms with Crippen molar-refractivity contribution in [1.82, 2.24) is 5.32 Å². The quantitative estimate of drug-likeness (QED) is 0.739. The number of nitrogens with one attached hydrogen (secondary N) is 2. The molecule has 0 saturated heterocycles. The number of carbonyl (C=O) groups is 2. The number of hydrogen-bond donors (Lipinski definition) is 3. The van der Waals surface area contributed by atoms with Crippen molar-refractivity contribution in [2.45, 2.75) is 65.3 Å². The van der Waals surface area contributed by atoms with E-state index in [2.05, 4.69) is 10.6 Å². The van der Waals surface area contributed by atoms with Gasteiger partial charge in [-0.15, -0.1) is 0 Å². The second-order valence-corrected chi connectivity index (χ2v) is 7.65. The molecule has 1 aliphatic carbocycles. The predicted molar refractivity (Wildman–Crippen MR) is 102 cm³/mol. The molecule has 0 heterocycles. The number of nitrogens with two attached hydrogens (primary N) is 1. The smallest absolute Gasteiger partial charge is 0.251 e. The maximum Gasteiger partial charge on any atom is 0.251 e. The van der Waals surface area contributed by atoms with Crippen LogP contribution in [0.5, 0.6) is 0 Å². The molecule has 25 heavy (non-hydrogen) atoms. The lowest BCUT2D eigenvalue weighted by Crippen LogP contribution is -2.36. The number of amides is 2. The van der Waals surface area contributed by atoms with Gasteiger partial charge >= 0.3 is 0 Å². The van der Waals surface area contributed by atoms with Crippen LogP contribution in [0.25, 0.3) is 0 Å². The lowest BCUT2D eigenvalue weighted by molar-refractivity contribution is -0.118. The van der Waals surface area contributed by atoms with Gasteiger partial charge in [0, 0.05) is 23.7 Å². The van der Waals surface area contributed by atoms with E-state index in [1.54, 1.807) is 12.1 Å². The van der Waals surface area contributed by atoms with Gasteiger partial charge < -0.3 is 16.4 Å². The maximum atomic E-state index is 12.5. The van der Waals surface area contributed by atoms with Crippen LogP contribution in [0.2, 0.25) is 0 Å². The van der Waals surface area contributed by atoms with Crippen LogP contribution >= 0.6 is 0 Å². The summed E-state index contributed by atoms with van der Waals surface area (Å²) >= 11 is 0. The largest absolute Gasteiger partial charge is 0.350 e. The topological polar surface area (TPSA) is 84.2 Å². The van der Waals surface area contributed by atoms with Gasteiger partial charge in [-0.2, -0.15) is 0 Å². The van der Waals surface area contributed by atoms with Crippen molar-refractivity contribution in [1.29, 1.82) is 0 Å². The Morgan fingerprint density at radius 1 is 1.20 bits per heavy atom. The second kappa shape index (κ2) is 8.48. The summed E-state index contributed by atoms with van der Waals surface area (Å²) in [4.78, 5) is 24.6. The zero-order valence-electron chi connectivity index (χ0n) is 15.7. The molecule has 5 nitrogen and oxygen atoms in total.